The molecule has 0 saturated carbocycles. The van der Waals surface area contributed by atoms with Gasteiger partial charge in [0.2, 0.25) is 5.91 Å². The minimum atomic E-state index is -0.308. The first-order chi connectivity index (χ1) is 15.0. The zero-order valence-electron chi connectivity index (χ0n) is 16.8. The van der Waals surface area contributed by atoms with Crippen LogP contribution in [-0.4, -0.2) is 38.7 Å². The Morgan fingerprint density at radius 1 is 1.00 bits per heavy atom. The molecule has 3 amide bonds. The molecule has 1 aliphatic rings. The first-order valence-electron chi connectivity index (χ1n) is 9.97. The molecule has 1 aromatic heterocycles. The van der Waals surface area contributed by atoms with E-state index in [1.807, 2.05) is 35.0 Å². The monoisotopic (exact) mass is 480 g/mol. The molecule has 0 atom stereocenters. The minimum absolute atomic E-state index is 0.109. The number of rotatable bonds is 8. The summed E-state index contributed by atoms with van der Waals surface area (Å²) in [6.45, 7) is 1.41. The van der Waals surface area contributed by atoms with E-state index >= 15 is 0 Å². The fourth-order valence-electron chi connectivity index (χ4n) is 3.51. The van der Waals surface area contributed by atoms with Gasteiger partial charge in [-0.3, -0.25) is 19.3 Å². The Hall–Kier alpha value is -3.26. The second kappa shape index (κ2) is 9.26. The third kappa shape index (κ3) is 4.91. The molecule has 0 bridgehead atoms. The topological polar surface area (TPSA) is 84.3 Å². The van der Waals surface area contributed by atoms with E-state index < -0.39 is 0 Å². The average molecular weight is 481 g/mol. The Kier molecular flexibility index (Phi) is 6.27. The lowest BCUT2D eigenvalue weighted by atomic mass is 10.1. The van der Waals surface area contributed by atoms with Gasteiger partial charge in [0.25, 0.3) is 11.8 Å². The number of hydrogen-bond donors (Lipinski definition) is 1. The predicted octanol–water partition coefficient (Wildman–Crippen LogP) is 3.39. The second-order valence-corrected chi connectivity index (χ2v) is 8.30. The Balaban J connectivity index is 1.21. The molecule has 0 radical (unpaired) electrons. The average Bonchev–Trinajstić information content (AvgIpc) is 3.35. The van der Waals surface area contributed by atoms with Crippen molar-refractivity contribution >= 4 is 33.7 Å². The molecule has 1 N–H and O–H groups in total. The first-order valence-corrected chi connectivity index (χ1v) is 10.8. The van der Waals surface area contributed by atoms with Crippen molar-refractivity contribution in [3.05, 3.63) is 87.9 Å². The lowest BCUT2D eigenvalue weighted by Gasteiger charge is -2.13. The number of imidazole rings is 1. The molecule has 3 aromatic rings. The SMILES string of the molecule is O=C(CCCN1C(=O)c2ccc(Br)cc2C1=O)NCc1ccc(Cn2ccnc2)cc1. The highest BCUT2D eigenvalue weighted by Crippen LogP contribution is 2.26. The highest BCUT2D eigenvalue weighted by atomic mass is 79.9. The summed E-state index contributed by atoms with van der Waals surface area (Å²) in [7, 11) is 0. The fraction of sp³-hybridized carbons (Fsp3) is 0.217. The van der Waals surface area contributed by atoms with Crippen LogP contribution in [0.1, 0.15) is 44.7 Å². The number of benzene rings is 2. The number of halogens is 1. The van der Waals surface area contributed by atoms with Crippen LogP contribution >= 0.6 is 15.9 Å². The van der Waals surface area contributed by atoms with E-state index in [4.69, 9.17) is 0 Å². The number of carbonyl (C=O) groups excluding carboxylic acids is 3. The Labute approximate surface area is 188 Å². The molecule has 0 saturated heterocycles. The van der Waals surface area contributed by atoms with Gasteiger partial charge in [0.15, 0.2) is 0 Å². The lowest BCUT2D eigenvalue weighted by molar-refractivity contribution is -0.121. The van der Waals surface area contributed by atoms with Crippen LogP contribution < -0.4 is 5.32 Å². The molecule has 2 heterocycles. The van der Waals surface area contributed by atoms with E-state index in [-0.39, 0.29) is 30.7 Å². The van der Waals surface area contributed by atoms with Crippen LogP contribution in [0.5, 0.6) is 0 Å². The van der Waals surface area contributed by atoms with E-state index in [2.05, 4.69) is 26.2 Å². The van der Waals surface area contributed by atoms with Crippen molar-refractivity contribution in [3.63, 3.8) is 0 Å². The van der Waals surface area contributed by atoms with Gasteiger partial charge in [0.1, 0.15) is 0 Å². The zero-order chi connectivity index (χ0) is 21.8. The van der Waals surface area contributed by atoms with Gasteiger partial charge in [-0.25, -0.2) is 4.98 Å². The molecule has 0 aliphatic carbocycles. The zero-order valence-corrected chi connectivity index (χ0v) is 18.3. The summed E-state index contributed by atoms with van der Waals surface area (Å²) in [5, 5.41) is 2.89. The summed E-state index contributed by atoms with van der Waals surface area (Å²) in [5.74, 6) is -0.719. The molecule has 7 nitrogen and oxygen atoms in total. The van der Waals surface area contributed by atoms with Crippen molar-refractivity contribution < 1.29 is 14.4 Å². The van der Waals surface area contributed by atoms with Crippen molar-refractivity contribution in [3.8, 4) is 0 Å². The van der Waals surface area contributed by atoms with Crippen molar-refractivity contribution in [2.45, 2.75) is 25.9 Å². The van der Waals surface area contributed by atoms with Gasteiger partial charge < -0.3 is 9.88 Å². The van der Waals surface area contributed by atoms with Crippen molar-refractivity contribution in [2.24, 2.45) is 0 Å². The largest absolute Gasteiger partial charge is 0.352 e. The smallest absolute Gasteiger partial charge is 0.261 e. The number of amides is 3. The number of nitrogens with one attached hydrogen (secondary N) is 1. The number of nitrogens with zero attached hydrogens (tertiary/aromatic N) is 3. The van der Waals surface area contributed by atoms with Gasteiger partial charge in [-0.2, -0.15) is 0 Å². The third-order valence-corrected chi connectivity index (χ3v) is 5.65. The van der Waals surface area contributed by atoms with E-state index in [1.54, 1.807) is 30.7 Å². The molecule has 2 aromatic carbocycles. The van der Waals surface area contributed by atoms with Gasteiger partial charge in [-0.05, 0) is 35.7 Å². The number of aromatic nitrogens is 2. The molecular weight excluding hydrogens is 460 g/mol. The Bertz CT molecular complexity index is 1110. The number of hydrogen-bond acceptors (Lipinski definition) is 4. The van der Waals surface area contributed by atoms with Gasteiger partial charge in [0.05, 0.1) is 17.5 Å². The normalized spacial score (nSPS) is 12.9. The molecule has 8 heteroatoms. The van der Waals surface area contributed by atoms with Crippen LogP contribution in [-0.2, 0) is 17.9 Å². The summed E-state index contributed by atoms with van der Waals surface area (Å²) in [5.41, 5.74) is 2.98. The lowest BCUT2D eigenvalue weighted by Crippen LogP contribution is -2.32. The van der Waals surface area contributed by atoms with E-state index in [0.717, 1.165) is 22.1 Å². The summed E-state index contributed by atoms with van der Waals surface area (Å²) in [6.07, 6.45) is 6.10. The van der Waals surface area contributed by atoms with Crippen LogP contribution in [0, 0.1) is 0 Å². The molecule has 0 unspecified atom stereocenters. The standard InChI is InChI=1S/C23H21BrN4O3/c24-18-7-8-19-20(12-18)23(31)28(22(19)30)10-1-2-21(29)26-13-16-3-5-17(6-4-16)14-27-11-9-25-15-27/h3-9,11-12,15H,1-2,10,13-14H2,(H,26,29). The van der Waals surface area contributed by atoms with Crippen molar-refractivity contribution in [2.75, 3.05) is 6.54 Å². The first kappa shape index (κ1) is 21.0. The van der Waals surface area contributed by atoms with Crippen molar-refractivity contribution in [1.29, 1.82) is 0 Å². The minimum Gasteiger partial charge on any atom is -0.352 e. The highest BCUT2D eigenvalue weighted by Gasteiger charge is 2.35. The Morgan fingerprint density at radius 3 is 2.48 bits per heavy atom. The second-order valence-electron chi connectivity index (χ2n) is 7.38. The maximum atomic E-state index is 12.5. The van der Waals surface area contributed by atoms with Crippen molar-refractivity contribution in [1.82, 2.24) is 19.8 Å². The third-order valence-electron chi connectivity index (χ3n) is 5.16. The van der Waals surface area contributed by atoms with Crippen LogP contribution in [0.3, 0.4) is 0 Å². The van der Waals surface area contributed by atoms with Crippen LogP contribution in [0.2, 0.25) is 0 Å². The van der Waals surface area contributed by atoms with Crippen LogP contribution in [0.15, 0.2) is 65.7 Å². The van der Waals surface area contributed by atoms with Gasteiger partial charge in [-0.1, -0.05) is 40.2 Å². The van der Waals surface area contributed by atoms with Gasteiger partial charge >= 0.3 is 0 Å². The summed E-state index contributed by atoms with van der Waals surface area (Å²) in [4.78, 5) is 42.3. The van der Waals surface area contributed by atoms with E-state index in [0.29, 0.717) is 24.1 Å². The van der Waals surface area contributed by atoms with E-state index in [1.165, 1.54) is 4.90 Å². The summed E-state index contributed by atoms with van der Waals surface area (Å²) in [6, 6.07) is 13.1. The number of imide groups is 1. The molecular formula is C23H21BrN4O3. The predicted molar refractivity (Wildman–Crippen MR) is 118 cm³/mol. The molecule has 0 spiro atoms. The Morgan fingerprint density at radius 2 is 1.74 bits per heavy atom. The number of carbonyl (C=O) groups is 3. The molecule has 1 aliphatic heterocycles. The molecule has 4 rings (SSSR count). The maximum absolute atomic E-state index is 12.5. The summed E-state index contributed by atoms with van der Waals surface area (Å²) < 4.78 is 2.74. The van der Waals surface area contributed by atoms with Crippen LogP contribution in [0.4, 0.5) is 0 Å². The molecule has 31 heavy (non-hydrogen) atoms. The maximum Gasteiger partial charge on any atom is 0.261 e. The van der Waals surface area contributed by atoms with E-state index in [9.17, 15) is 14.4 Å². The van der Waals surface area contributed by atoms with Gasteiger partial charge in [0, 0.05) is 42.9 Å². The summed E-state index contributed by atoms with van der Waals surface area (Å²) >= 11 is 3.32. The number of fused-ring (bicyclic) bond motifs is 1. The molecule has 158 valence electrons. The molecule has 0 fully saturated rings. The highest BCUT2D eigenvalue weighted by molar-refractivity contribution is 9.10. The quantitative estimate of drug-likeness (QED) is 0.500. The van der Waals surface area contributed by atoms with Gasteiger partial charge in [-0.15, -0.1) is 0 Å². The fourth-order valence-corrected chi connectivity index (χ4v) is 3.87. The van der Waals surface area contributed by atoms with Crippen LogP contribution in [0.25, 0.3) is 0 Å².